The van der Waals surface area contributed by atoms with Crippen LogP contribution in [0.15, 0.2) is 72.0 Å². The molecule has 1 amide bonds. The van der Waals surface area contributed by atoms with E-state index in [2.05, 4.69) is 46.6 Å². The molecule has 1 aliphatic rings. The zero-order valence-corrected chi connectivity index (χ0v) is 16.0. The van der Waals surface area contributed by atoms with Gasteiger partial charge in [-0.1, -0.05) is 17.7 Å². The summed E-state index contributed by atoms with van der Waals surface area (Å²) >= 11 is 0. The Morgan fingerprint density at radius 2 is 1.64 bits per heavy atom. The molecule has 28 heavy (non-hydrogen) atoms. The first-order valence-corrected chi connectivity index (χ1v) is 9.63. The number of carbonyl (C=O) groups is 1. The lowest BCUT2D eigenvalue weighted by Gasteiger charge is -2.17. The van der Waals surface area contributed by atoms with Crippen LogP contribution >= 0.6 is 0 Å². The number of benzene rings is 2. The van der Waals surface area contributed by atoms with Crippen molar-refractivity contribution in [3.8, 4) is 5.69 Å². The third-order valence-electron chi connectivity index (χ3n) is 5.06. The summed E-state index contributed by atoms with van der Waals surface area (Å²) in [6.45, 7) is 4.25. The number of aromatic nitrogens is 1. The number of rotatable bonds is 5. The van der Waals surface area contributed by atoms with Crippen LogP contribution < -0.4 is 10.3 Å². The number of nitrogens with one attached hydrogen (secondary N) is 1. The maximum atomic E-state index is 12.4. The molecular formula is C23H24N4O. The molecule has 1 N–H and O–H groups in total. The van der Waals surface area contributed by atoms with Gasteiger partial charge in [0.25, 0.3) is 5.91 Å². The fourth-order valence-corrected chi connectivity index (χ4v) is 3.46. The summed E-state index contributed by atoms with van der Waals surface area (Å²) in [5.74, 6) is -0.210. The number of hydrogen-bond donors (Lipinski definition) is 1. The van der Waals surface area contributed by atoms with Crippen LogP contribution in [0.5, 0.6) is 0 Å². The standard InChI is InChI=1S/C23H24N4O/c1-18-6-10-21(11-7-18)27-16-4-5-22(27)17-24-25-23(28)19-8-12-20(13-9-19)26-14-2-3-15-26/h4-13,16-17H,2-3,14-15H2,1H3,(H,25,28)/b24-17-. The van der Waals surface area contributed by atoms with Crippen molar-refractivity contribution in [1.29, 1.82) is 0 Å². The van der Waals surface area contributed by atoms with Crippen LogP contribution in [0.2, 0.25) is 0 Å². The lowest BCUT2D eigenvalue weighted by Crippen LogP contribution is -2.19. The van der Waals surface area contributed by atoms with Crippen molar-refractivity contribution < 1.29 is 4.79 Å². The van der Waals surface area contributed by atoms with E-state index < -0.39 is 0 Å². The van der Waals surface area contributed by atoms with Crippen molar-refractivity contribution in [3.63, 3.8) is 0 Å². The molecule has 2 heterocycles. The molecule has 0 saturated carbocycles. The van der Waals surface area contributed by atoms with E-state index in [-0.39, 0.29) is 5.91 Å². The van der Waals surface area contributed by atoms with Gasteiger partial charge in [-0.15, -0.1) is 0 Å². The topological polar surface area (TPSA) is 49.6 Å². The van der Waals surface area contributed by atoms with Crippen LogP contribution in [0, 0.1) is 6.92 Å². The van der Waals surface area contributed by atoms with Gasteiger partial charge in [0.05, 0.1) is 11.9 Å². The van der Waals surface area contributed by atoms with Gasteiger partial charge in [-0.2, -0.15) is 5.10 Å². The normalized spacial score (nSPS) is 14.0. The molecule has 1 aromatic heterocycles. The number of amides is 1. The van der Waals surface area contributed by atoms with Gasteiger partial charge in [0.2, 0.25) is 0 Å². The molecule has 1 aliphatic heterocycles. The minimum Gasteiger partial charge on any atom is -0.372 e. The highest BCUT2D eigenvalue weighted by Gasteiger charge is 2.13. The van der Waals surface area contributed by atoms with E-state index in [9.17, 15) is 4.79 Å². The Hall–Kier alpha value is -3.34. The third kappa shape index (κ3) is 3.98. The summed E-state index contributed by atoms with van der Waals surface area (Å²) in [5, 5.41) is 4.14. The Bertz CT molecular complexity index is 965. The second kappa shape index (κ2) is 8.13. The second-order valence-corrected chi connectivity index (χ2v) is 7.08. The molecule has 1 saturated heterocycles. The predicted octanol–water partition coefficient (Wildman–Crippen LogP) is 4.15. The zero-order chi connectivity index (χ0) is 19.3. The van der Waals surface area contributed by atoms with Crippen molar-refractivity contribution >= 4 is 17.8 Å². The summed E-state index contributed by atoms with van der Waals surface area (Å²) < 4.78 is 2.03. The van der Waals surface area contributed by atoms with Crippen molar-refractivity contribution in [1.82, 2.24) is 9.99 Å². The van der Waals surface area contributed by atoms with Crippen LogP contribution in [0.4, 0.5) is 5.69 Å². The smallest absolute Gasteiger partial charge is 0.271 e. The number of anilines is 1. The maximum absolute atomic E-state index is 12.4. The zero-order valence-electron chi connectivity index (χ0n) is 16.0. The minimum absolute atomic E-state index is 0.210. The van der Waals surface area contributed by atoms with Gasteiger partial charge < -0.3 is 9.47 Å². The monoisotopic (exact) mass is 372 g/mol. The van der Waals surface area contributed by atoms with E-state index >= 15 is 0 Å². The van der Waals surface area contributed by atoms with E-state index in [4.69, 9.17) is 0 Å². The van der Waals surface area contributed by atoms with E-state index in [0.29, 0.717) is 5.56 Å². The van der Waals surface area contributed by atoms with Crippen molar-refractivity contribution in [3.05, 3.63) is 83.7 Å². The Balaban J connectivity index is 1.40. The van der Waals surface area contributed by atoms with Gasteiger partial charge in [0.15, 0.2) is 0 Å². The van der Waals surface area contributed by atoms with Crippen LogP contribution in [0.3, 0.4) is 0 Å². The summed E-state index contributed by atoms with van der Waals surface area (Å²) in [7, 11) is 0. The molecule has 3 aromatic rings. The molecular weight excluding hydrogens is 348 g/mol. The number of carbonyl (C=O) groups excluding carboxylic acids is 1. The number of aryl methyl sites for hydroxylation is 1. The maximum Gasteiger partial charge on any atom is 0.271 e. The predicted molar refractivity (Wildman–Crippen MR) is 113 cm³/mol. The lowest BCUT2D eigenvalue weighted by atomic mass is 10.2. The third-order valence-corrected chi connectivity index (χ3v) is 5.06. The molecule has 5 heteroatoms. The largest absolute Gasteiger partial charge is 0.372 e. The van der Waals surface area contributed by atoms with Gasteiger partial charge in [-0.05, 0) is 68.3 Å². The van der Waals surface area contributed by atoms with Gasteiger partial charge in [0, 0.05) is 36.2 Å². The minimum atomic E-state index is -0.210. The van der Waals surface area contributed by atoms with Gasteiger partial charge >= 0.3 is 0 Å². The summed E-state index contributed by atoms with van der Waals surface area (Å²) in [4.78, 5) is 14.7. The molecule has 0 aliphatic carbocycles. The average Bonchev–Trinajstić information content (AvgIpc) is 3.41. The number of nitrogens with zero attached hydrogens (tertiary/aromatic N) is 3. The van der Waals surface area contributed by atoms with Gasteiger partial charge in [0.1, 0.15) is 0 Å². The first-order valence-electron chi connectivity index (χ1n) is 9.63. The fourth-order valence-electron chi connectivity index (χ4n) is 3.46. The molecule has 4 rings (SSSR count). The van der Waals surface area contributed by atoms with E-state index in [1.807, 2.05) is 47.2 Å². The van der Waals surface area contributed by atoms with Crippen LogP contribution in [0.25, 0.3) is 5.69 Å². The molecule has 0 radical (unpaired) electrons. The Morgan fingerprint density at radius 3 is 2.36 bits per heavy atom. The van der Waals surface area contributed by atoms with E-state index in [1.54, 1.807) is 6.21 Å². The van der Waals surface area contributed by atoms with Gasteiger partial charge in [-0.25, -0.2) is 5.43 Å². The lowest BCUT2D eigenvalue weighted by molar-refractivity contribution is 0.0955. The average molecular weight is 372 g/mol. The Morgan fingerprint density at radius 1 is 0.964 bits per heavy atom. The van der Waals surface area contributed by atoms with Crippen LogP contribution in [0.1, 0.15) is 34.5 Å². The molecule has 1 fully saturated rings. The Kier molecular flexibility index (Phi) is 5.24. The quantitative estimate of drug-likeness (QED) is 0.540. The van der Waals surface area contributed by atoms with E-state index in [0.717, 1.165) is 24.5 Å². The SMILES string of the molecule is Cc1ccc(-n2cccc2/C=N\NC(=O)c2ccc(N3CCCC3)cc2)cc1. The highest BCUT2D eigenvalue weighted by molar-refractivity contribution is 5.95. The number of hydrazone groups is 1. The second-order valence-electron chi connectivity index (χ2n) is 7.08. The highest BCUT2D eigenvalue weighted by Crippen LogP contribution is 2.20. The molecule has 0 unspecified atom stereocenters. The molecule has 142 valence electrons. The van der Waals surface area contributed by atoms with E-state index in [1.165, 1.54) is 24.1 Å². The summed E-state index contributed by atoms with van der Waals surface area (Å²) in [5.41, 5.74) is 7.57. The van der Waals surface area contributed by atoms with Gasteiger partial charge in [-0.3, -0.25) is 4.79 Å². The van der Waals surface area contributed by atoms with Crippen molar-refractivity contribution in [2.24, 2.45) is 5.10 Å². The van der Waals surface area contributed by atoms with Crippen molar-refractivity contribution in [2.75, 3.05) is 18.0 Å². The van der Waals surface area contributed by atoms with Crippen molar-refractivity contribution in [2.45, 2.75) is 19.8 Å². The molecule has 2 aromatic carbocycles. The summed E-state index contributed by atoms with van der Waals surface area (Å²) in [6.07, 6.45) is 6.11. The first-order chi connectivity index (χ1) is 13.7. The summed E-state index contributed by atoms with van der Waals surface area (Å²) in [6, 6.07) is 19.9. The molecule has 5 nitrogen and oxygen atoms in total. The Labute approximate surface area is 165 Å². The molecule has 0 spiro atoms. The van der Waals surface area contributed by atoms with Crippen LogP contribution in [-0.2, 0) is 0 Å². The fraction of sp³-hybridized carbons (Fsp3) is 0.217. The van der Waals surface area contributed by atoms with Crippen LogP contribution in [-0.4, -0.2) is 29.8 Å². The number of hydrogen-bond acceptors (Lipinski definition) is 3. The molecule has 0 bridgehead atoms. The first kappa shape index (κ1) is 18.0. The molecule has 0 atom stereocenters. The highest BCUT2D eigenvalue weighted by atomic mass is 16.2.